The fraction of sp³-hybridized carbons (Fsp3) is 0.154. The SMILES string of the molecule is COC(=O)C(=O)c1ccc(C(=O)O)c(C(=O)O)c1C(=O)OC. The average molecular weight is 310 g/mol. The van der Waals surface area contributed by atoms with Gasteiger partial charge < -0.3 is 19.7 Å². The predicted octanol–water partition coefficient (Wildman–Crippen LogP) is 0.225. The first-order valence-corrected chi connectivity index (χ1v) is 5.60. The summed E-state index contributed by atoms with van der Waals surface area (Å²) in [6.45, 7) is 0. The molecule has 0 bridgehead atoms. The Hall–Kier alpha value is -3.23. The maximum atomic E-state index is 11.9. The van der Waals surface area contributed by atoms with Crippen molar-refractivity contribution in [3.05, 3.63) is 34.4 Å². The second-order valence-corrected chi connectivity index (χ2v) is 3.83. The van der Waals surface area contributed by atoms with Gasteiger partial charge >= 0.3 is 23.9 Å². The highest BCUT2D eigenvalue weighted by Crippen LogP contribution is 2.22. The van der Waals surface area contributed by atoms with Gasteiger partial charge in [-0.3, -0.25) is 4.79 Å². The first-order chi connectivity index (χ1) is 10.3. The maximum Gasteiger partial charge on any atom is 0.379 e. The Morgan fingerprint density at radius 2 is 1.36 bits per heavy atom. The number of aromatic carboxylic acids is 2. The van der Waals surface area contributed by atoms with Crippen molar-refractivity contribution in [1.82, 2.24) is 0 Å². The minimum Gasteiger partial charge on any atom is -0.478 e. The van der Waals surface area contributed by atoms with Gasteiger partial charge in [0, 0.05) is 5.56 Å². The summed E-state index contributed by atoms with van der Waals surface area (Å²) in [5.41, 5.74) is -3.13. The second-order valence-electron chi connectivity index (χ2n) is 3.83. The lowest BCUT2D eigenvalue weighted by Crippen LogP contribution is -2.24. The Balaban J connectivity index is 3.81. The number of carboxylic acids is 2. The van der Waals surface area contributed by atoms with E-state index in [1.807, 2.05) is 0 Å². The van der Waals surface area contributed by atoms with Crippen molar-refractivity contribution in [2.75, 3.05) is 14.2 Å². The minimum atomic E-state index is -1.77. The molecule has 1 aromatic carbocycles. The lowest BCUT2D eigenvalue weighted by atomic mass is 9.93. The van der Waals surface area contributed by atoms with Crippen LogP contribution in [0.2, 0.25) is 0 Å². The van der Waals surface area contributed by atoms with Crippen molar-refractivity contribution in [2.24, 2.45) is 0 Å². The molecule has 1 aromatic rings. The molecule has 0 radical (unpaired) electrons. The van der Waals surface area contributed by atoms with Gasteiger partial charge in [0.1, 0.15) is 0 Å². The Morgan fingerprint density at radius 3 is 1.77 bits per heavy atom. The summed E-state index contributed by atoms with van der Waals surface area (Å²) in [6.07, 6.45) is 0. The van der Waals surface area contributed by atoms with E-state index in [-0.39, 0.29) is 0 Å². The Morgan fingerprint density at radius 1 is 0.818 bits per heavy atom. The van der Waals surface area contributed by atoms with E-state index in [0.29, 0.717) is 0 Å². The Kier molecular flexibility index (Phi) is 4.96. The number of rotatable bonds is 5. The second kappa shape index (κ2) is 6.48. The zero-order valence-electron chi connectivity index (χ0n) is 11.4. The molecule has 22 heavy (non-hydrogen) atoms. The number of Topliss-reactive ketones (excluding diaryl/α,β-unsaturated/α-hetero) is 1. The number of carbonyl (C=O) groups is 5. The fourth-order valence-electron chi connectivity index (χ4n) is 1.71. The summed E-state index contributed by atoms with van der Waals surface area (Å²) in [7, 11) is 1.83. The summed E-state index contributed by atoms with van der Waals surface area (Å²) in [4.78, 5) is 57.3. The van der Waals surface area contributed by atoms with Crippen molar-refractivity contribution in [3.63, 3.8) is 0 Å². The van der Waals surface area contributed by atoms with E-state index < -0.39 is 51.9 Å². The molecule has 0 saturated carbocycles. The first-order valence-electron chi connectivity index (χ1n) is 5.60. The standard InChI is InChI=1S/C13H10O9/c1-21-12(19)8-5(9(14)13(20)22-2)3-4-6(10(15)16)7(8)11(17)18/h3-4H,1-2H3,(H,15,16)(H,17,18). The number of hydrogen-bond donors (Lipinski definition) is 2. The highest BCUT2D eigenvalue weighted by atomic mass is 16.5. The van der Waals surface area contributed by atoms with E-state index in [4.69, 9.17) is 10.2 Å². The van der Waals surface area contributed by atoms with Crippen LogP contribution in [0.5, 0.6) is 0 Å². The Bertz CT molecular complexity index is 687. The summed E-state index contributed by atoms with van der Waals surface area (Å²) in [5.74, 6) is -7.31. The number of benzene rings is 1. The molecule has 0 aromatic heterocycles. The van der Waals surface area contributed by atoms with Gasteiger partial charge in [0.15, 0.2) is 0 Å². The van der Waals surface area contributed by atoms with E-state index in [0.717, 1.165) is 26.4 Å². The summed E-state index contributed by atoms with van der Waals surface area (Å²) >= 11 is 0. The quantitative estimate of drug-likeness (QED) is 0.443. The molecule has 0 saturated heterocycles. The monoisotopic (exact) mass is 310 g/mol. The van der Waals surface area contributed by atoms with Gasteiger partial charge in [-0.05, 0) is 12.1 Å². The summed E-state index contributed by atoms with van der Waals surface area (Å²) in [6, 6.07) is 1.65. The summed E-state index contributed by atoms with van der Waals surface area (Å²) in [5, 5.41) is 18.1. The van der Waals surface area contributed by atoms with E-state index in [1.165, 1.54) is 0 Å². The molecule has 0 aliphatic carbocycles. The molecule has 9 heteroatoms. The van der Waals surface area contributed by atoms with Gasteiger partial charge in [0.05, 0.1) is 30.9 Å². The zero-order valence-corrected chi connectivity index (χ0v) is 11.4. The number of esters is 2. The molecule has 0 fully saturated rings. The molecule has 0 heterocycles. The van der Waals surface area contributed by atoms with Crippen LogP contribution in [0.3, 0.4) is 0 Å². The topological polar surface area (TPSA) is 144 Å². The zero-order chi connectivity index (χ0) is 17.0. The Labute approximate surface area is 123 Å². The molecule has 0 unspecified atom stereocenters. The molecular formula is C13H10O9. The van der Waals surface area contributed by atoms with Crippen molar-refractivity contribution in [2.45, 2.75) is 0 Å². The van der Waals surface area contributed by atoms with Gasteiger partial charge in [-0.25, -0.2) is 19.2 Å². The maximum absolute atomic E-state index is 11.9. The summed E-state index contributed by atoms with van der Waals surface area (Å²) < 4.78 is 8.57. The highest BCUT2D eigenvalue weighted by Gasteiger charge is 2.32. The molecule has 0 atom stereocenters. The van der Waals surface area contributed by atoms with Crippen molar-refractivity contribution >= 4 is 29.7 Å². The van der Waals surface area contributed by atoms with Crippen LogP contribution in [0.1, 0.15) is 41.4 Å². The van der Waals surface area contributed by atoms with E-state index in [2.05, 4.69) is 9.47 Å². The smallest absolute Gasteiger partial charge is 0.379 e. The van der Waals surface area contributed by atoms with Crippen LogP contribution in [0.4, 0.5) is 0 Å². The largest absolute Gasteiger partial charge is 0.478 e. The van der Waals surface area contributed by atoms with Crippen molar-refractivity contribution in [3.8, 4) is 0 Å². The van der Waals surface area contributed by atoms with Crippen LogP contribution < -0.4 is 0 Å². The van der Waals surface area contributed by atoms with Gasteiger partial charge in [-0.15, -0.1) is 0 Å². The highest BCUT2D eigenvalue weighted by molar-refractivity contribution is 6.42. The first kappa shape index (κ1) is 16.8. The molecule has 0 aliphatic rings. The minimum absolute atomic E-state index is 0.624. The van der Waals surface area contributed by atoms with Crippen LogP contribution in [0.15, 0.2) is 12.1 Å². The van der Waals surface area contributed by atoms with E-state index >= 15 is 0 Å². The van der Waals surface area contributed by atoms with Crippen LogP contribution in [0.25, 0.3) is 0 Å². The van der Waals surface area contributed by atoms with Crippen LogP contribution >= 0.6 is 0 Å². The third-order valence-electron chi connectivity index (χ3n) is 2.65. The normalized spacial score (nSPS) is 9.73. The van der Waals surface area contributed by atoms with Crippen molar-refractivity contribution in [1.29, 1.82) is 0 Å². The van der Waals surface area contributed by atoms with Gasteiger partial charge in [-0.1, -0.05) is 0 Å². The molecule has 2 N–H and O–H groups in total. The van der Waals surface area contributed by atoms with Crippen molar-refractivity contribution < 1.29 is 43.7 Å². The lowest BCUT2D eigenvalue weighted by molar-refractivity contribution is -0.135. The lowest BCUT2D eigenvalue weighted by Gasteiger charge is -2.11. The number of methoxy groups -OCH3 is 2. The molecular weight excluding hydrogens is 300 g/mol. The molecule has 0 aliphatic heterocycles. The number of ether oxygens (including phenoxy) is 2. The van der Waals surface area contributed by atoms with Crippen LogP contribution in [0, 0.1) is 0 Å². The molecule has 1 rings (SSSR count). The van der Waals surface area contributed by atoms with Gasteiger partial charge in [0.25, 0.3) is 5.78 Å². The number of carboxylic acid groups (broad SMARTS) is 2. The predicted molar refractivity (Wildman–Crippen MR) is 68.0 cm³/mol. The third kappa shape index (κ3) is 2.92. The molecule has 9 nitrogen and oxygen atoms in total. The number of carbonyl (C=O) groups excluding carboxylic acids is 3. The van der Waals surface area contributed by atoms with Crippen LogP contribution in [-0.4, -0.2) is 54.1 Å². The number of ketones is 1. The average Bonchev–Trinajstić information content (AvgIpc) is 2.50. The van der Waals surface area contributed by atoms with Gasteiger partial charge in [0.2, 0.25) is 0 Å². The third-order valence-corrected chi connectivity index (χ3v) is 2.65. The number of hydrogen-bond acceptors (Lipinski definition) is 7. The van der Waals surface area contributed by atoms with Crippen LogP contribution in [-0.2, 0) is 14.3 Å². The fourth-order valence-corrected chi connectivity index (χ4v) is 1.71. The molecule has 0 amide bonds. The molecule has 116 valence electrons. The van der Waals surface area contributed by atoms with E-state index in [1.54, 1.807) is 0 Å². The van der Waals surface area contributed by atoms with Gasteiger partial charge in [-0.2, -0.15) is 0 Å². The van der Waals surface area contributed by atoms with E-state index in [9.17, 15) is 24.0 Å². The molecule has 0 spiro atoms.